The smallest absolute Gasteiger partial charge is 0.227 e. The zero-order chi connectivity index (χ0) is 30.9. The molecule has 0 spiro atoms. The van der Waals surface area contributed by atoms with E-state index in [-0.39, 0.29) is 36.7 Å². The van der Waals surface area contributed by atoms with Crippen LogP contribution in [0.25, 0.3) is 0 Å². The molecule has 0 aliphatic heterocycles. The summed E-state index contributed by atoms with van der Waals surface area (Å²) in [5.41, 5.74) is 5.32. The molecule has 1 amide bonds. The lowest BCUT2D eigenvalue weighted by Crippen LogP contribution is -2.37. The van der Waals surface area contributed by atoms with Crippen LogP contribution in [-0.2, 0) is 22.2 Å². The summed E-state index contributed by atoms with van der Waals surface area (Å²) in [6.07, 6.45) is 13.8. The van der Waals surface area contributed by atoms with Crippen LogP contribution in [0.15, 0.2) is 112 Å². The van der Waals surface area contributed by atoms with E-state index in [0.29, 0.717) is 27.7 Å². The number of carbonyl (C=O) groups is 1. The van der Waals surface area contributed by atoms with Gasteiger partial charge in [-0.15, -0.1) is 0 Å². The minimum absolute atomic E-state index is 0.0623. The highest BCUT2D eigenvalue weighted by Crippen LogP contribution is 2.34. The Balaban J connectivity index is 1.66. The number of halogens is 2. The summed E-state index contributed by atoms with van der Waals surface area (Å²) < 4.78 is 30.3. The first-order valence-electron chi connectivity index (χ1n) is 14.6. The molecule has 2 aromatic rings. The Hall–Kier alpha value is -3.39. The van der Waals surface area contributed by atoms with Crippen molar-refractivity contribution in [2.24, 2.45) is 10.9 Å². The minimum atomic E-state index is -1.45. The van der Waals surface area contributed by atoms with Crippen molar-refractivity contribution in [1.29, 1.82) is 0 Å². The second kappa shape index (κ2) is 15.4. The van der Waals surface area contributed by atoms with E-state index in [4.69, 9.17) is 11.6 Å². The quantitative estimate of drug-likeness (QED) is 0.256. The summed E-state index contributed by atoms with van der Waals surface area (Å²) in [5.74, 6) is -0.444. The number of hydrogen-bond donors (Lipinski definition) is 1. The first-order chi connectivity index (χ1) is 20.6. The maximum absolute atomic E-state index is 14.0. The van der Waals surface area contributed by atoms with E-state index in [2.05, 4.69) is 22.4 Å². The number of fused-ring (bicyclic) bond motifs is 1. The number of allylic oxidation sites excluding steroid dienone is 8. The third-order valence-corrected chi connectivity index (χ3v) is 8.95. The van der Waals surface area contributed by atoms with Crippen LogP contribution in [0.4, 0.5) is 10.1 Å². The zero-order valence-electron chi connectivity index (χ0n) is 25.0. The lowest BCUT2D eigenvalue weighted by Gasteiger charge is -2.30. The molecular weight excluding hydrogens is 581 g/mol. The van der Waals surface area contributed by atoms with Gasteiger partial charge >= 0.3 is 0 Å². The van der Waals surface area contributed by atoms with Crippen molar-refractivity contribution in [3.8, 4) is 0 Å². The van der Waals surface area contributed by atoms with E-state index in [0.717, 1.165) is 36.1 Å². The SMILES string of the molecule is C=C(C)N=C(/C=C\C)CN(C(=O)CC(C)C1=CC=C(F)C=CC1)c1ccc2c(c1)C(NS(=O)c1cccc(Cl)c1)CCC2. The molecule has 4 rings (SSSR count). The second-order valence-corrected chi connectivity index (χ2v) is 12.7. The molecule has 43 heavy (non-hydrogen) atoms. The fourth-order valence-corrected chi connectivity index (χ4v) is 6.72. The number of aliphatic imine (C=N–C) groups is 1. The van der Waals surface area contributed by atoms with Crippen LogP contribution < -0.4 is 9.62 Å². The first kappa shape index (κ1) is 32.5. The Bertz CT molecular complexity index is 1540. The number of amides is 1. The van der Waals surface area contributed by atoms with Gasteiger partial charge in [-0.3, -0.25) is 9.79 Å². The molecule has 0 saturated heterocycles. The standard InChI is InChI=1S/C35H39ClFN3O2S/c1-5-9-30(38-24(2)3)23-40(35(41)20-25(4)26-10-6-13-29(37)18-16-26)31-19-17-27-11-7-15-34(33(27)22-31)39-43(42)32-14-8-12-28(36)21-32/h5-6,8-9,12-14,16-19,21-22,25,34,39H,2,7,10-11,15,20,23H2,1,3-4H3/b9-5-,38-30?. The van der Waals surface area contributed by atoms with Gasteiger partial charge in [-0.05, 0) is 105 Å². The van der Waals surface area contributed by atoms with Crippen molar-refractivity contribution in [2.45, 2.75) is 63.8 Å². The van der Waals surface area contributed by atoms with Gasteiger partial charge in [0.25, 0.3) is 0 Å². The van der Waals surface area contributed by atoms with Crippen LogP contribution >= 0.6 is 11.6 Å². The van der Waals surface area contributed by atoms with Crippen molar-refractivity contribution in [3.05, 3.63) is 119 Å². The number of benzene rings is 2. The number of nitrogens with one attached hydrogen (secondary N) is 1. The average Bonchev–Trinajstić information content (AvgIpc) is 3.20. The van der Waals surface area contributed by atoms with Crippen molar-refractivity contribution >= 4 is 39.9 Å². The van der Waals surface area contributed by atoms with Gasteiger partial charge in [0.2, 0.25) is 5.91 Å². The van der Waals surface area contributed by atoms with Crippen LogP contribution in [0.1, 0.15) is 63.6 Å². The molecule has 0 saturated carbocycles. The summed E-state index contributed by atoms with van der Waals surface area (Å²) >= 11 is 6.15. The van der Waals surface area contributed by atoms with Gasteiger partial charge in [0.1, 0.15) is 16.8 Å². The van der Waals surface area contributed by atoms with E-state index < -0.39 is 11.0 Å². The molecule has 2 aliphatic carbocycles. The Kier molecular flexibility index (Phi) is 11.6. The number of aryl methyl sites for hydroxylation is 1. The van der Waals surface area contributed by atoms with Gasteiger partial charge < -0.3 is 4.90 Å². The van der Waals surface area contributed by atoms with Gasteiger partial charge in [-0.2, -0.15) is 0 Å². The first-order valence-corrected chi connectivity index (χ1v) is 16.1. The number of hydrogen-bond acceptors (Lipinski definition) is 3. The van der Waals surface area contributed by atoms with Crippen molar-refractivity contribution < 1.29 is 13.4 Å². The Labute approximate surface area is 262 Å². The Morgan fingerprint density at radius 1 is 1.28 bits per heavy atom. The lowest BCUT2D eigenvalue weighted by molar-refractivity contribution is -0.119. The number of anilines is 1. The number of rotatable bonds is 11. The molecule has 3 atom stereocenters. The average molecular weight is 620 g/mol. The van der Waals surface area contributed by atoms with Gasteiger partial charge in [0.05, 0.1) is 17.2 Å². The number of carbonyl (C=O) groups excluding carboxylic acids is 1. The maximum Gasteiger partial charge on any atom is 0.227 e. The molecule has 2 aromatic carbocycles. The molecule has 3 unspecified atom stereocenters. The van der Waals surface area contributed by atoms with Crippen LogP contribution in [-0.4, -0.2) is 22.4 Å². The molecule has 0 heterocycles. The normalized spacial score (nSPS) is 18.3. The predicted octanol–water partition coefficient (Wildman–Crippen LogP) is 8.68. The van der Waals surface area contributed by atoms with Crippen molar-refractivity contribution in [2.75, 3.05) is 11.4 Å². The van der Waals surface area contributed by atoms with Gasteiger partial charge in [0, 0.05) is 28.9 Å². The summed E-state index contributed by atoms with van der Waals surface area (Å²) in [5, 5.41) is 0.535. The molecule has 5 nitrogen and oxygen atoms in total. The minimum Gasteiger partial charge on any atom is -0.306 e. The summed E-state index contributed by atoms with van der Waals surface area (Å²) in [6, 6.07) is 13.0. The van der Waals surface area contributed by atoms with Gasteiger partial charge in [0.15, 0.2) is 0 Å². The number of nitrogens with zero attached hydrogens (tertiary/aromatic N) is 2. The summed E-state index contributed by atoms with van der Waals surface area (Å²) in [6.45, 7) is 9.93. The van der Waals surface area contributed by atoms with E-state index >= 15 is 0 Å². The lowest BCUT2D eigenvalue weighted by atomic mass is 9.87. The fourth-order valence-electron chi connectivity index (χ4n) is 5.39. The zero-order valence-corrected chi connectivity index (χ0v) is 26.6. The van der Waals surface area contributed by atoms with Gasteiger partial charge in [-0.25, -0.2) is 13.3 Å². The van der Waals surface area contributed by atoms with E-state index in [1.165, 1.54) is 17.7 Å². The van der Waals surface area contributed by atoms with Crippen molar-refractivity contribution in [3.63, 3.8) is 0 Å². The Morgan fingerprint density at radius 2 is 2.09 bits per heavy atom. The van der Waals surface area contributed by atoms with Crippen LogP contribution in [0, 0.1) is 5.92 Å². The molecule has 226 valence electrons. The molecule has 8 heteroatoms. The molecule has 2 aliphatic rings. The highest BCUT2D eigenvalue weighted by Gasteiger charge is 2.26. The van der Waals surface area contributed by atoms with Crippen LogP contribution in [0.5, 0.6) is 0 Å². The van der Waals surface area contributed by atoms with E-state index in [1.807, 2.05) is 45.1 Å². The van der Waals surface area contributed by atoms with Gasteiger partial charge in [-0.1, -0.05) is 61.0 Å². The highest BCUT2D eigenvalue weighted by atomic mass is 35.5. The Morgan fingerprint density at radius 3 is 2.84 bits per heavy atom. The van der Waals surface area contributed by atoms with Crippen molar-refractivity contribution in [1.82, 2.24) is 4.72 Å². The molecule has 0 radical (unpaired) electrons. The molecule has 1 N–H and O–H groups in total. The van der Waals surface area contributed by atoms with Crippen LogP contribution in [0.2, 0.25) is 5.02 Å². The third kappa shape index (κ3) is 9.05. The highest BCUT2D eigenvalue weighted by molar-refractivity contribution is 7.83. The molecule has 0 aromatic heterocycles. The molecule has 0 fully saturated rings. The van der Waals surface area contributed by atoms with Crippen LogP contribution in [0.3, 0.4) is 0 Å². The molecular formula is C35H39ClFN3O2S. The predicted molar refractivity (Wildman–Crippen MR) is 177 cm³/mol. The maximum atomic E-state index is 14.0. The van der Waals surface area contributed by atoms with E-state index in [1.54, 1.807) is 41.3 Å². The van der Waals surface area contributed by atoms with E-state index in [9.17, 15) is 13.4 Å². The summed E-state index contributed by atoms with van der Waals surface area (Å²) in [7, 11) is -1.45. The topological polar surface area (TPSA) is 61.8 Å². The monoisotopic (exact) mass is 619 g/mol. The second-order valence-electron chi connectivity index (χ2n) is 11.0. The summed E-state index contributed by atoms with van der Waals surface area (Å²) in [4.78, 5) is 21.0. The molecule has 0 bridgehead atoms. The largest absolute Gasteiger partial charge is 0.306 e. The third-order valence-electron chi connectivity index (χ3n) is 7.53. The fraction of sp³-hybridized carbons (Fsp3) is 0.314.